The van der Waals surface area contributed by atoms with Gasteiger partial charge < -0.3 is 10.2 Å². The second kappa shape index (κ2) is 8.62. The number of anilines is 1. The summed E-state index contributed by atoms with van der Waals surface area (Å²) in [6.45, 7) is 4.28. The number of nitriles is 1. The van der Waals surface area contributed by atoms with E-state index in [4.69, 9.17) is 0 Å². The van der Waals surface area contributed by atoms with Gasteiger partial charge in [0.25, 0.3) is 6.43 Å². The summed E-state index contributed by atoms with van der Waals surface area (Å²) in [6, 6.07) is 6.71. The smallest absolute Gasteiger partial charge is 0.291 e. The zero-order valence-corrected chi connectivity index (χ0v) is 21.2. The molecular weight excluding hydrogens is 524 g/mol. The van der Waals surface area contributed by atoms with Crippen molar-refractivity contribution in [3.8, 4) is 11.2 Å². The maximum Gasteiger partial charge on any atom is 0.291 e. The van der Waals surface area contributed by atoms with Crippen LogP contribution in [0.2, 0.25) is 0 Å². The van der Waals surface area contributed by atoms with Crippen LogP contribution in [-0.4, -0.2) is 64.4 Å². The van der Waals surface area contributed by atoms with E-state index in [9.17, 15) is 22.5 Å². The monoisotopic (exact) mass is 545 g/mol. The quantitative estimate of drug-likeness (QED) is 0.374. The first-order chi connectivity index (χ1) is 17.7. The van der Waals surface area contributed by atoms with Gasteiger partial charge in [0.2, 0.25) is 15.2 Å². The van der Waals surface area contributed by atoms with Crippen LogP contribution < -0.4 is 14.9 Å². The van der Waals surface area contributed by atoms with Crippen molar-refractivity contribution in [1.29, 1.82) is 5.26 Å². The van der Waals surface area contributed by atoms with E-state index >= 15 is 0 Å². The van der Waals surface area contributed by atoms with E-state index in [1.165, 1.54) is 18.5 Å². The lowest BCUT2D eigenvalue weighted by atomic mass is 10.1. The van der Waals surface area contributed by atoms with E-state index in [0.717, 1.165) is 13.1 Å². The Bertz CT molecular complexity index is 1670. The van der Waals surface area contributed by atoms with Gasteiger partial charge in [0, 0.05) is 31.1 Å². The summed E-state index contributed by atoms with van der Waals surface area (Å²) < 4.78 is 57.1. The van der Waals surface area contributed by atoms with Crippen molar-refractivity contribution in [3.63, 3.8) is 0 Å². The Hall–Kier alpha value is -3.32. The van der Waals surface area contributed by atoms with E-state index in [1.54, 1.807) is 10.6 Å². The fraction of sp³-hybridized carbons (Fsp3) is 0.409. The SMILES string of the molecule is C[C@@H]1CNCCN1c1ncnc2c1c1ccc(S(=O)(=O)NC3(C#N)CC3)cc1n2-c1nnc(C(F)F)s1. The predicted molar refractivity (Wildman–Crippen MR) is 132 cm³/mol. The van der Waals surface area contributed by atoms with E-state index in [1.807, 2.05) is 6.07 Å². The molecule has 0 radical (unpaired) electrons. The number of rotatable bonds is 6. The number of benzene rings is 1. The molecule has 1 saturated heterocycles. The fourth-order valence-corrected chi connectivity index (χ4v) is 6.73. The van der Waals surface area contributed by atoms with Crippen LogP contribution in [0.3, 0.4) is 0 Å². The molecule has 192 valence electrons. The molecule has 11 nitrogen and oxygen atoms in total. The largest absolute Gasteiger partial charge is 0.351 e. The summed E-state index contributed by atoms with van der Waals surface area (Å²) in [6.07, 6.45) is -0.519. The van der Waals surface area contributed by atoms with Crippen molar-refractivity contribution >= 4 is 49.1 Å². The molecule has 1 aliphatic carbocycles. The minimum atomic E-state index is -4.04. The Kier molecular flexibility index (Phi) is 5.60. The van der Waals surface area contributed by atoms with Gasteiger partial charge in [-0.15, -0.1) is 10.2 Å². The van der Waals surface area contributed by atoms with E-state index in [2.05, 4.69) is 42.0 Å². The molecule has 6 rings (SSSR count). The molecule has 1 aliphatic heterocycles. The van der Waals surface area contributed by atoms with Gasteiger partial charge >= 0.3 is 0 Å². The van der Waals surface area contributed by atoms with Gasteiger partial charge in [0.15, 0.2) is 10.7 Å². The lowest BCUT2D eigenvalue weighted by Gasteiger charge is -2.35. The van der Waals surface area contributed by atoms with Crippen LogP contribution in [-0.2, 0) is 10.0 Å². The van der Waals surface area contributed by atoms with Gasteiger partial charge in [0.1, 0.15) is 17.7 Å². The molecule has 0 bridgehead atoms. The third-order valence-electron chi connectivity index (χ3n) is 6.68. The minimum absolute atomic E-state index is 0.0609. The summed E-state index contributed by atoms with van der Waals surface area (Å²) in [5.41, 5.74) is -0.287. The number of alkyl halides is 2. The van der Waals surface area contributed by atoms with Crippen LogP contribution in [0.4, 0.5) is 14.6 Å². The van der Waals surface area contributed by atoms with Crippen LogP contribution in [0.5, 0.6) is 0 Å². The van der Waals surface area contributed by atoms with E-state index in [0.29, 0.717) is 58.5 Å². The summed E-state index contributed by atoms with van der Waals surface area (Å²) in [4.78, 5) is 11.1. The van der Waals surface area contributed by atoms with Gasteiger partial charge in [-0.3, -0.25) is 4.57 Å². The second-order valence-electron chi connectivity index (χ2n) is 9.18. The van der Waals surface area contributed by atoms with E-state index < -0.39 is 27.0 Å². The zero-order chi connectivity index (χ0) is 25.9. The van der Waals surface area contributed by atoms with Crippen LogP contribution in [0.15, 0.2) is 29.4 Å². The molecule has 0 unspecified atom stereocenters. The molecule has 2 N–H and O–H groups in total. The summed E-state index contributed by atoms with van der Waals surface area (Å²) >= 11 is 0.706. The first kappa shape index (κ1) is 24.0. The Morgan fingerprint density at radius 1 is 1.30 bits per heavy atom. The number of nitrogens with zero attached hydrogens (tertiary/aromatic N) is 7. The van der Waals surface area contributed by atoms with Crippen molar-refractivity contribution in [2.75, 3.05) is 24.5 Å². The number of halogens is 2. The maximum absolute atomic E-state index is 13.4. The molecule has 0 spiro atoms. The second-order valence-corrected chi connectivity index (χ2v) is 11.8. The molecule has 3 aromatic heterocycles. The molecule has 1 atom stereocenters. The van der Waals surface area contributed by atoms with Crippen molar-refractivity contribution < 1.29 is 17.2 Å². The Morgan fingerprint density at radius 2 is 2.11 bits per heavy atom. The number of sulfonamides is 1. The average Bonchev–Trinajstić information content (AvgIpc) is 3.32. The highest BCUT2D eigenvalue weighted by Crippen LogP contribution is 2.40. The topological polar surface area (TPSA) is 142 Å². The number of nitrogens with one attached hydrogen (secondary N) is 2. The van der Waals surface area contributed by atoms with Gasteiger partial charge in [-0.1, -0.05) is 17.4 Å². The Morgan fingerprint density at radius 3 is 2.78 bits per heavy atom. The molecule has 37 heavy (non-hydrogen) atoms. The van der Waals surface area contributed by atoms with Crippen LogP contribution >= 0.6 is 11.3 Å². The van der Waals surface area contributed by atoms with Crippen molar-refractivity contribution in [1.82, 2.24) is 34.8 Å². The van der Waals surface area contributed by atoms with Gasteiger partial charge in [-0.25, -0.2) is 27.2 Å². The third kappa shape index (κ3) is 4.00. The summed E-state index contributed by atoms with van der Waals surface area (Å²) in [5.74, 6) is 0.663. The normalized spacial score (nSPS) is 19.5. The molecule has 1 aromatic carbocycles. The van der Waals surface area contributed by atoms with Crippen molar-refractivity contribution in [2.45, 2.75) is 42.7 Å². The standard InChI is InChI=1S/C22H21F2N9O2S2/c1-12-9-26-6-7-32(12)18-16-14-3-2-13(37(34,35)31-22(10-25)4-5-22)8-15(14)33(19(16)28-11-27-18)21-30-29-20(36-21)17(23)24/h2-3,8,11-12,17,26,31H,4-7,9H2,1H3/t12-/m1/s1. The highest BCUT2D eigenvalue weighted by atomic mass is 32.2. The lowest BCUT2D eigenvalue weighted by molar-refractivity contribution is 0.150. The molecule has 4 aromatic rings. The van der Waals surface area contributed by atoms with Gasteiger partial charge in [0.05, 0.1) is 21.9 Å². The molecule has 0 amide bonds. The summed E-state index contributed by atoms with van der Waals surface area (Å²) in [5, 5.41) is 21.3. The Labute approximate surface area is 214 Å². The van der Waals surface area contributed by atoms with Crippen LogP contribution in [0.1, 0.15) is 31.2 Å². The van der Waals surface area contributed by atoms with Crippen molar-refractivity contribution in [3.05, 3.63) is 29.5 Å². The molecule has 2 aliphatic rings. The van der Waals surface area contributed by atoms with Crippen molar-refractivity contribution in [2.24, 2.45) is 0 Å². The molecule has 2 fully saturated rings. The highest BCUT2D eigenvalue weighted by Gasteiger charge is 2.47. The summed E-state index contributed by atoms with van der Waals surface area (Å²) in [7, 11) is -4.04. The van der Waals surface area contributed by atoms with Gasteiger partial charge in [-0.2, -0.15) is 9.98 Å². The first-order valence-corrected chi connectivity index (χ1v) is 13.9. The zero-order valence-electron chi connectivity index (χ0n) is 19.5. The molecule has 4 heterocycles. The molecule has 15 heteroatoms. The predicted octanol–water partition coefficient (Wildman–Crippen LogP) is 2.50. The Balaban J connectivity index is 1.60. The third-order valence-corrected chi connectivity index (χ3v) is 9.13. The molecular formula is C22H21F2N9O2S2. The molecule has 1 saturated carbocycles. The number of hydrogen-bond donors (Lipinski definition) is 2. The number of hydrogen-bond acceptors (Lipinski definition) is 10. The number of fused-ring (bicyclic) bond motifs is 3. The van der Waals surface area contributed by atoms with Crippen LogP contribution in [0.25, 0.3) is 27.1 Å². The highest BCUT2D eigenvalue weighted by molar-refractivity contribution is 7.89. The maximum atomic E-state index is 13.4. The number of aromatic nitrogens is 5. The number of piperazine rings is 1. The minimum Gasteiger partial charge on any atom is -0.351 e. The fourth-order valence-electron chi connectivity index (χ4n) is 4.62. The first-order valence-electron chi connectivity index (χ1n) is 11.6. The average molecular weight is 546 g/mol. The van der Waals surface area contributed by atoms with Crippen LogP contribution in [0, 0.1) is 11.3 Å². The van der Waals surface area contributed by atoms with E-state index in [-0.39, 0.29) is 16.1 Å². The lowest BCUT2D eigenvalue weighted by Crippen LogP contribution is -2.50. The van der Waals surface area contributed by atoms with Gasteiger partial charge in [-0.05, 0) is 31.9 Å².